The van der Waals surface area contributed by atoms with Crippen LogP contribution < -0.4 is 5.32 Å². The van der Waals surface area contributed by atoms with Gasteiger partial charge >= 0.3 is 0 Å². The normalized spacial score (nSPS) is 11.9. The minimum absolute atomic E-state index is 0.260. The molecule has 0 aliphatic carbocycles. The van der Waals surface area contributed by atoms with Crippen molar-refractivity contribution in [1.29, 1.82) is 0 Å². The summed E-state index contributed by atoms with van der Waals surface area (Å²) in [6, 6.07) is 10.9. The molecule has 1 atom stereocenters. The average Bonchev–Trinajstić information content (AvgIpc) is 3.16. The van der Waals surface area contributed by atoms with E-state index in [4.69, 9.17) is 0 Å². The smallest absolute Gasteiger partial charge is 0.258 e. The SMILES string of the molecule is CCc1ncc(C(=O)Nc2ccc(C(O)c3cccs3)cc2)cn1. The largest absolute Gasteiger partial charge is 0.383 e. The number of nitrogens with zero attached hydrogens (tertiary/aromatic N) is 2. The second-order valence-electron chi connectivity index (χ2n) is 5.24. The minimum atomic E-state index is -0.648. The van der Waals surface area contributed by atoms with E-state index in [9.17, 15) is 9.90 Å². The van der Waals surface area contributed by atoms with E-state index in [0.717, 1.165) is 16.9 Å². The number of carbonyl (C=O) groups is 1. The number of aliphatic hydroxyl groups excluding tert-OH is 1. The third-order valence-corrected chi connectivity index (χ3v) is 4.51. The molecule has 0 aliphatic rings. The topological polar surface area (TPSA) is 75.1 Å². The van der Waals surface area contributed by atoms with Crippen molar-refractivity contribution in [2.75, 3.05) is 5.32 Å². The Balaban J connectivity index is 1.68. The third-order valence-electron chi connectivity index (χ3n) is 3.58. The Morgan fingerprint density at radius 3 is 2.50 bits per heavy atom. The standard InChI is InChI=1S/C18H17N3O2S/c1-2-16-19-10-13(11-20-16)18(23)21-14-7-5-12(6-8-14)17(22)15-4-3-9-24-15/h3-11,17,22H,2H2,1H3,(H,21,23). The van der Waals surface area contributed by atoms with Gasteiger partial charge in [-0.2, -0.15) is 0 Å². The van der Waals surface area contributed by atoms with Gasteiger partial charge in [-0.05, 0) is 29.1 Å². The number of amides is 1. The lowest BCUT2D eigenvalue weighted by Gasteiger charge is -2.10. The molecule has 1 aromatic carbocycles. The van der Waals surface area contributed by atoms with Crippen LogP contribution in [0.4, 0.5) is 5.69 Å². The highest BCUT2D eigenvalue weighted by molar-refractivity contribution is 7.10. The molecule has 2 heterocycles. The Labute approximate surface area is 144 Å². The highest BCUT2D eigenvalue weighted by Gasteiger charge is 2.12. The van der Waals surface area contributed by atoms with E-state index < -0.39 is 6.10 Å². The number of anilines is 1. The summed E-state index contributed by atoms with van der Waals surface area (Å²) in [5.41, 5.74) is 1.85. The van der Waals surface area contributed by atoms with Crippen LogP contribution in [0.15, 0.2) is 54.2 Å². The van der Waals surface area contributed by atoms with Gasteiger partial charge in [-0.15, -0.1) is 11.3 Å². The minimum Gasteiger partial charge on any atom is -0.383 e. The van der Waals surface area contributed by atoms with Crippen molar-refractivity contribution >= 4 is 22.9 Å². The lowest BCUT2D eigenvalue weighted by molar-refractivity contribution is 0.102. The van der Waals surface area contributed by atoms with Crippen LogP contribution in [0.1, 0.15) is 39.7 Å². The molecule has 1 unspecified atom stereocenters. The summed E-state index contributed by atoms with van der Waals surface area (Å²) in [6.45, 7) is 1.96. The second kappa shape index (κ2) is 7.33. The predicted molar refractivity (Wildman–Crippen MR) is 94.2 cm³/mol. The third kappa shape index (κ3) is 3.67. The average molecular weight is 339 g/mol. The van der Waals surface area contributed by atoms with Gasteiger partial charge in [0.15, 0.2) is 0 Å². The highest BCUT2D eigenvalue weighted by Crippen LogP contribution is 2.26. The molecule has 0 saturated heterocycles. The van der Waals surface area contributed by atoms with Crippen LogP contribution >= 0.6 is 11.3 Å². The first-order valence-electron chi connectivity index (χ1n) is 7.61. The molecule has 0 saturated carbocycles. The molecule has 0 bridgehead atoms. The van der Waals surface area contributed by atoms with Crippen molar-refractivity contribution < 1.29 is 9.90 Å². The Hall–Kier alpha value is -2.57. The molecule has 0 aliphatic heterocycles. The fourth-order valence-corrected chi connectivity index (χ4v) is 2.95. The van der Waals surface area contributed by atoms with Gasteiger partial charge in [-0.1, -0.05) is 25.1 Å². The Morgan fingerprint density at radius 2 is 1.92 bits per heavy atom. The molecule has 2 N–H and O–H groups in total. The summed E-state index contributed by atoms with van der Waals surface area (Å²) in [7, 11) is 0. The number of aromatic nitrogens is 2. The van der Waals surface area contributed by atoms with Gasteiger partial charge < -0.3 is 10.4 Å². The molecule has 24 heavy (non-hydrogen) atoms. The monoisotopic (exact) mass is 339 g/mol. The summed E-state index contributed by atoms with van der Waals surface area (Å²) in [4.78, 5) is 21.3. The number of aryl methyl sites for hydroxylation is 1. The summed E-state index contributed by atoms with van der Waals surface area (Å²) in [5, 5.41) is 15.0. The Bertz CT molecular complexity index is 799. The Kier molecular flexibility index (Phi) is 4.98. The van der Waals surface area contributed by atoms with Gasteiger partial charge in [-0.3, -0.25) is 4.79 Å². The van der Waals surface area contributed by atoms with Crippen LogP contribution in [0, 0.1) is 0 Å². The molecule has 0 fully saturated rings. The van der Waals surface area contributed by atoms with Crippen molar-refractivity contribution in [3.63, 3.8) is 0 Å². The van der Waals surface area contributed by atoms with Gasteiger partial charge in [-0.25, -0.2) is 9.97 Å². The van der Waals surface area contributed by atoms with Crippen molar-refractivity contribution in [2.45, 2.75) is 19.4 Å². The quantitative estimate of drug-likeness (QED) is 0.747. The summed E-state index contributed by atoms with van der Waals surface area (Å²) < 4.78 is 0. The maximum absolute atomic E-state index is 12.2. The van der Waals surface area contributed by atoms with E-state index in [2.05, 4.69) is 15.3 Å². The molecule has 5 nitrogen and oxygen atoms in total. The lowest BCUT2D eigenvalue weighted by atomic mass is 10.1. The van der Waals surface area contributed by atoms with Crippen molar-refractivity contribution in [2.24, 2.45) is 0 Å². The van der Waals surface area contributed by atoms with Gasteiger partial charge in [0.25, 0.3) is 5.91 Å². The van der Waals surface area contributed by atoms with Crippen molar-refractivity contribution in [3.05, 3.63) is 76.0 Å². The number of hydrogen-bond acceptors (Lipinski definition) is 5. The van der Waals surface area contributed by atoms with Gasteiger partial charge in [0, 0.05) is 29.4 Å². The molecule has 3 rings (SSSR count). The molecule has 2 aromatic heterocycles. The van der Waals surface area contributed by atoms with Gasteiger partial charge in [0.1, 0.15) is 11.9 Å². The second-order valence-corrected chi connectivity index (χ2v) is 6.21. The number of carbonyl (C=O) groups excluding carboxylic acids is 1. The van der Waals surface area contributed by atoms with Crippen LogP contribution in [0.5, 0.6) is 0 Å². The van der Waals surface area contributed by atoms with Crippen LogP contribution in [-0.2, 0) is 6.42 Å². The lowest BCUT2D eigenvalue weighted by Crippen LogP contribution is -2.13. The first-order chi connectivity index (χ1) is 11.7. The van der Waals surface area contributed by atoms with Crippen molar-refractivity contribution in [1.82, 2.24) is 9.97 Å². The van der Waals surface area contributed by atoms with E-state index in [0.29, 0.717) is 17.1 Å². The molecule has 3 aromatic rings. The van der Waals surface area contributed by atoms with Gasteiger partial charge in [0.2, 0.25) is 0 Å². The summed E-state index contributed by atoms with van der Waals surface area (Å²) >= 11 is 1.51. The number of benzene rings is 1. The summed E-state index contributed by atoms with van der Waals surface area (Å²) in [5.74, 6) is 0.447. The molecule has 0 radical (unpaired) electrons. The fraction of sp³-hybridized carbons (Fsp3) is 0.167. The zero-order valence-corrected chi connectivity index (χ0v) is 14.0. The van der Waals surface area contributed by atoms with Crippen molar-refractivity contribution in [3.8, 4) is 0 Å². The van der Waals surface area contributed by atoms with Crippen LogP contribution in [0.25, 0.3) is 0 Å². The van der Waals surface area contributed by atoms with E-state index >= 15 is 0 Å². The van der Waals surface area contributed by atoms with E-state index in [1.54, 1.807) is 24.3 Å². The fourth-order valence-electron chi connectivity index (χ4n) is 2.22. The molecular weight excluding hydrogens is 322 g/mol. The number of aliphatic hydroxyl groups is 1. The number of thiophene rings is 1. The first-order valence-corrected chi connectivity index (χ1v) is 8.49. The molecule has 1 amide bonds. The molecule has 0 spiro atoms. The molecule has 122 valence electrons. The zero-order valence-electron chi connectivity index (χ0n) is 13.1. The van der Waals surface area contributed by atoms with E-state index in [-0.39, 0.29) is 5.91 Å². The number of rotatable bonds is 5. The first kappa shape index (κ1) is 16.3. The van der Waals surface area contributed by atoms with E-state index in [1.165, 1.54) is 23.7 Å². The Morgan fingerprint density at radius 1 is 1.21 bits per heavy atom. The van der Waals surface area contributed by atoms with Crippen LogP contribution in [0.3, 0.4) is 0 Å². The summed E-state index contributed by atoms with van der Waals surface area (Å²) in [6.07, 6.45) is 3.13. The maximum atomic E-state index is 12.2. The van der Waals surface area contributed by atoms with Crippen LogP contribution in [-0.4, -0.2) is 21.0 Å². The van der Waals surface area contributed by atoms with Gasteiger partial charge in [0.05, 0.1) is 5.56 Å². The van der Waals surface area contributed by atoms with Crippen LogP contribution in [0.2, 0.25) is 0 Å². The van der Waals surface area contributed by atoms with E-state index in [1.807, 2.05) is 24.4 Å². The zero-order chi connectivity index (χ0) is 16.9. The highest BCUT2D eigenvalue weighted by atomic mass is 32.1. The predicted octanol–water partition coefficient (Wildman–Crippen LogP) is 3.43. The maximum Gasteiger partial charge on any atom is 0.258 e. The molecule has 6 heteroatoms. The molecular formula is C18H17N3O2S. The number of hydrogen-bond donors (Lipinski definition) is 2. The number of nitrogens with one attached hydrogen (secondary N) is 1.